The largest absolute Gasteiger partial charge is 0.455 e. The van der Waals surface area contributed by atoms with Gasteiger partial charge >= 0.3 is 16.3 Å². The Labute approximate surface area is 243 Å². The lowest BCUT2D eigenvalue weighted by atomic mass is 9.98. The topological polar surface area (TPSA) is 157 Å². The highest BCUT2D eigenvalue weighted by atomic mass is 32.2. The summed E-state index contributed by atoms with van der Waals surface area (Å²) in [6.45, 7) is 10.1. The number of hydrogen-bond donors (Lipinski definition) is 3. The first kappa shape index (κ1) is 30.3. The zero-order chi connectivity index (χ0) is 30.8. The van der Waals surface area contributed by atoms with E-state index in [0.717, 1.165) is 11.1 Å². The van der Waals surface area contributed by atoms with Crippen molar-refractivity contribution in [3.8, 4) is 11.3 Å². The van der Waals surface area contributed by atoms with Gasteiger partial charge in [-0.3, -0.25) is 9.59 Å². The van der Waals surface area contributed by atoms with Crippen molar-refractivity contribution in [2.24, 2.45) is 0 Å². The second-order valence-electron chi connectivity index (χ2n) is 10.8. The average molecular weight is 593 g/mol. The Hall–Kier alpha value is -4.71. The predicted molar refractivity (Wildman–Crippen MR) is 159 cm³/mol. The Bertz CT molecular complexity index is 1830. The Morgan fingerprint density at radius 1 is 1.00 bits per heavy atom. The van der Waals surface area contributed by atoms with Crippen LogP contribution in [0, 0.1) is 13.8 Å². The zero-order valence-corrected chi connectivity index (χ0v) is 24.9. The first-order valence-corrected chi connectivity index (χ1v) is 14.6. The molecule has 0 aliphatic carbocycles. The third-order valence-corrected chi connectivity index (χ3v) is 7.02. The molecule has 0 aliphatic rings. The molecule has 4 rings (SSSR count). The number of aryl methyl sites for hydroxylation is 1. The predicted octanol–water partition coefficient (Wildman–Crippen LogP) is 5.14. The van der Waals surface area contributed by atoms with Crippen molar-refractivity contribution in [3.63, 3.8) is 0 Å². The second-order valence-corrected chi connectivity index (χ2v) is 12.2. The van der Waals surface area contributed by atoms with Gasteiger partial charge in [-0.25, -0.2) is 19.2 Å². The van der Waals surface area contributed by atoms with Crippen LogP contribution in [-0.4, -0.2) is 31.0 Å². The number of ether oxygens (including phenoxy) is 1. The first-order valence-electron chi connectivity index (χ1n) is 13.1. The molecule has 0 fully saturated rings. The molecule has 4 aromatic rings. The number of carbonyl (C=O) groups is 2. The van der Waals surface area contributed by atoms with Crippen molar-refractivity contribution in [1.29, 1.82) is 0 Å². The number of anilines is 1. The van der Waals surface area contributed by atoms with Crippen molar-refractivity contribution in [1.82, 2.24) is 14.4 Å². The molecular weight excluding hydrogens is 560 g/mol. The lowest BCUT2D eigenvalue weighted by molar-refractivity contribution is 0.0570. The Kier molecular flexibility index (Phi) is 8.39. The third-order valence-electron chi connectivity index (χ3n) is 6.13. The van der Waals surface area contributed by atoms with Gasteiger partial charge in [0.1, 0.15) is 16.9 Å². The van der Waals surface area contributed by atoms with Crippen LogP contribution in [0.2, 0.25) is 0 Å². The Balaban J connectivity index is 1.67. The van der Waals surface area contributed by atoms with E-state index in [-0.39, 0.29) is 16.8 Å². The quantitative estimate of drug-likeness (QED) is 0.264. The number of hydrogen-bond acceptors (Lipinski definition) is 9. The molecule has 2 aromatic carbocycles. The minimum Gasteiger partial charge on any atom is -0.455 e. The van der Waals surface area contributed by atoms with E-state index in [1.165, 1.54) is 6.20 Å². The van der Waals surface area contributed by atoms with E-state index in [1.54, 1.807) is 55.3 Å². The van der Waals surface area contributed by atoms with E-state index in [9.17, 15) is 22.8 Å². The fourth-order valence-electron chi connectivity index (χ4n) is 4.37. The van der Waals surface area contributed by atoms with Gasteiger partial charge in [0.15, 0.2) is 11.1 Å². The monoisotopic (exact) mass is 592 g/mol. The van der Waals surface area contributed by atoms with Crippen molar-refractivity contribution in [2.75, 3.05) is 5.32 Å². The summed E-state index contributed by atoms with van der Waals surface area (Å²) in [6.07, 6.45) is 0.0861. The maximum Gasteiger partial charge on any atom is 0.422 e. The van der Waals surface area contributed by atoms with Crippen molar-refractivity contribution < 1.29 is 27.2 Å². The molecule has 0 saturated heterocycles. The van der Waals surface area contributed by atoms with Crippen LogP contribution in [-0.2, 0) is 14.9 Å². The molecular formula is C30H32N4O7S. The normalized spacial score (nSPS) is 12.4. The van der Waals surface area contributed by atoms with Gasteiger partial charge in [0.2, 0.25) is 0 Å². The lowest BCUT2D eigenvalue weighted by Crippen LogP contribution is -2.45. The van der Waals surface area contributed by atoms with E-state index in [0.29, 0.717) is 27.9 Å². The molecule has 2 aromatic heterocycles. The third kappa shape index (κ3) is 6.95. The number of amides is 2. The van der Waals surface area contributed by atoms with Gasteiger partial charge in [0, 0.05) is 22.9 Å². The first-order chi connectivity index (χ1) is 19.6. The minimum atomic E-state index is -4.61. The summed E-state index contributed by atoms with van der Waals surface area (Å²) in [5, 5.41) is 3.60. The summed E-state index contributed by atoms with van der Waals surface area (Å²) in [4.78, 5) is 42.4. The molecule has 220 valence electrons. The van der Waals surface area contributed by atoms with Crippen LogP contribution in [0.25, 0.3) is 22.3 Å². The SMILES string of the molecule is Cc1cc([C@@H](C)Nc2cccnc2C(=O)NS(=O)(=O)NC(=O)OC(C)(C)C)c2oc(-c3ccccc3)c(C)c(=O)c2c1. The van der Waals surface area contributed by atoms with Crippen LogP contribution >= 0.6 is 0 Å². The fraction of sp³-hybridized carbons (Fsp3) is 0.267. The molecule has 0 aliphatic heterocycles. The van der Waals surface area contributed by atoms with Crippen LogP contribution < -0.4 is 20.2 Å². The van der Waals surface area contributed by atoms with E-state index in [1.807, 2.05) is 50.2 Å². The van der Waals surface area contributed by atoms with Gasteiger partial charge in [0.25, 0.3) is 5.91 Å². The number of aromatic nitrogens is 1. The second kappa shape index (κ2) is 11.6. The number of benzene rings is 2. The van der Waals surface area contributed by atoms with E-state index in [2.05, 4.69) is 10.3 Å². The standard InChI is InChI=1S/C30H32N4O7S/c1-17-15-21(27-22(16-17)25(35)18(2)26(40-27)20-11-8-7-9-12-20)19(3)32-23-13-10-14-31-24(23)28(36)33-42(38,39)34-29(37)41-30(4,5)6/h7-16,19,32H,1-6H3,(H,33,36)(H,34,37)/t19-/m1/s1. The highest BCUT2D eigenvalue weighted by Gasteiger charge is 2.26. The van der Waals surface area contributed by atoms with Gasteiger partial charge in [-0.15, -0.1) is 0 Å². The number of nitrogens with zero attached hydrogens (tertiary/aromatic N) is 1. The molecule has 0 bridgehead atoms. The van der Waals surface area contributed by atoms with Gasteiger partial charge in [-0.1, -0.05) is 36.4 Å². The van der Waals surface area contributed by atoms with Crippen LogP contribution in [0.15, 0.2) is 70.0 Å². The van der Waals surface area contributed by atoms with Crippen molar-refractivity contribution >= 4 is 38.9 Å². The molecule has 1 atom stereocenters. The Morgan fingerprint density at radius 2 is 1.69 bits per heavy atom. The molecule has 2 heterocycles. The number of nitrogens with one attached hydrogen (secondary N) is 3. The molecule has 2 amide bonds. The molecule has 11 nitrogen and oxygen atoms in total. The van der Waals surface area contributed by atoms with Crippen molar-refractivity contribution in [3.05, 3.63) is 93.4 Å². The van der Waals surface area contributed by atoms with Gasteiger partial charge in [-0.2, -0.15) is 8.42 Å². The summed E-state index contributed by atoms with van der Waals surface area (Å²) in [7, 11) is -4.61. The molecule has 3 N–H and O–H groups in total. The summed E-state index contributed by atoms with van der Waals surface area (Å²) in [6, 6.07) is 15.6. The van der Waals surface area contributed by atoms with E-state index < -0.39 is 33.9 Å². The lowest BCUT2D eigenvalue weighted by Gasteiger charge is -2.20. The van der Waals surface area contributed by atoms with Crippen LogP contribution in [0.1, 0.15) is 60.9 Å². The maximum absolute atomic E-state index is 13.4. The van der Waals surface area contributed by atoms with Crippen molar-refractivity contribution in [2.45, 2.75) is 53.2 Å². The maximum atomic E-state index is 13.4. The van der Waals surface area contributed by atoms with Crippen LogP contribution in [0.4, 0.5) is 10.5 Å². The Morgan fingerprint density at radius 3 is 2.36 bits per heavy atom. The average Bonchev–Trinajstić information content (AvgIpc) is 2.89. The van der Waals surface area contributed by atoms with Crippen LogP contribution in [0.3, 0.4) is 0 Å². The van der Waals surface area contributed by atoms with Gasteiger partial charge in [-0.05, 0) is 65.3 Å². The molecule has 0 radical (unpaired) electrons. The number of carbonyl (C=O) groups excluding carboxylic acids is 2. The zero-order valence-electron chi connectivity index (χ0n) is 24.1. The van der Waals surface area contributed by atoms with E-state index >= 15 is 0 Å². The molecule has 12 heteroatoms. The summed E-state index contributed by atoms with van der Waals surface area (Å²) in [5.41, 5.74) is 1.97. The molecule has 0 unspecified atom stereocenters. The highest BCUT2D eigenvalue weighted by molar-refractivity contribution is 7.88. The van der Waals surface area contributed by atoms with Crippen LogP contribution in [0.5, 0.6) is 0 Å². The summed E-state index contributed by atoms with van der Waals surface area (Å²) in [5.74, 6) is -0.626. The number of fused-ring (bicyclic) bond motifs is 1. The summed E-state index contributed by atoms with van der Waals surface area (Å²) >= 11 is 0. The fourth-order valence-corrected chi connectivity index (χ4v) is 5.03. The minimum absolute atomic E-state index is 0.156. The smallest absolute Gasteiger partial charge is 0.422 e. The molecule has 42 heavy (non-hydrogen) atoms. The molecule has 0 saturated carbocycles. The van der Waals surface area contributed by atoms with Gasteiger partial charge < -0.3 is 14.5 Å². The number of pyridine rings is 1. The molecule has 0 spiro atoms. The highest BCUT2D eigenvalue weighted by Crippen LogP contribution is 2.32. The number of rotatable bonds is 7. The summed E-state index contributed by atoms with van der Waals surface area (Å²) < 4.78 is 39.6. The van der Waals surface area contributed by atoms with Gasteiger partial charge in [0.05, 0.1) is 17.1 Å². The van der Waals surface area contributed by atoms with E-state index in [4.69, 9.17) is 9.15 Å².